The van der Waals surface area contributed by atoms with Gasteiger partial charge in [-0.1, -0.05) is 30.3 Å². The third-order valence-electron chi connectivity index (χ3n) is 3.80. The molecule has 5 nitrogen and oxygen atoms in total. The molecular weight excluding hydrogens is 330 g/mol. The first-order chi connectivity index (χ1) is 12.7. The molecule has 1 aromatic heterocycles. The van der Waals surface area contributed by atoms with Crippen LogP contribution in [0.25, 0.3) is 0 Å². The maximum atomic E-state index is 12.2. The Labute approximate surface area is 151 Å². The monoisotopic (exact) mass is 349 g/mol. The van der Waals surface area contributed by atoms with Crippen LogP contribution in [-0.2, 0) is 22.6 Å². The van der Waals surface area contributed by atoms with Gasteiger partial charge < -0.3 is 14.5 Å². The lowest BCUT2D eigenvalue weighted by Crippen LogP contribution is -2.12. The van der Waals surface area contributed by atoms with Crippen molar-refractivity contribution in [3.05, 3.63) is 89.9 Å². The standard InChI is InChI=1S/C21H19NO4/c23-20(13-12-19-7-4-14-25-19)26-15-16-8-10-17(11-9-16)21(24)22-18-5-2-1-3-6-18/h1-11,14H,12-13,15H2,(H,22,24). The number of hydrogen-bond donors (Lipinski definition) is 1. The van der Waals surface area contributed by atoms with Crippen LogP contribution >= 0.6 is 0 Å². The van der Waals surface area contributed by atoms with E-state index in [2.05, 4.69) is 5.32 Å². The van der Waals surface area contributed by atoms with Gasteiger partial charge in [-0.2, -0.15) is 0 Å². The van der Waals surface area contributed by atoms with Gasteiger partial charge in [0.15, 0.2) is 0 Å². The summed E-state index contributed by atoms with van der Waals surface area (Å²) in [5, 5.41) is 2.82. The van der Waals surface area contributed by atoms with Crippen LogP contribution < -0.4 is 5.32 Å². The predicted octanol–water partition coefficient (Wildman–Crippen LogP) is 4.21. The van der Waals surface area contributed by atoms with Crippen molar-refractivity contribution in [1.29, 1.82) is 0 Å². The summed E-state index contributed by atoms with van der Waals surface area (Å²) < 4.78 is 10.4. The molecule has 0 fully saturated rings. The van der Waals surface area contributed by atoms with Crippen LogP contribution in [0.1, 0.15) is 28.1 Å². The average molecular weight is 349 g/mol. The maximum absolute atomic E-state index is 12.2. The largest absolute Gasteiger partial charge is 0.469 e. The highest BCUT2D eigenvalue weighted by molar-refractivity contribution is 6.04. The number of esters is 1. The summed E-state index contributed by atoms with van der Waals surface area (Å²) in [6, 6.07) is 19.9. The molecule has 2 aromatic carbocycles. The Bertz CT molecular complexity index is 839. The molecular formula is C21H19NO4. The predicted molar refractivity (Wildman–Crippen MR) is 97.7 cm³/mol. The number of hydrogen-bond acceptors (Lipinski definition) is 4. The van der Waals surface area contributed by atoms with Gasteiger partial charge in [0.25, 0.3) is 5.91 Å². The molecule has 1 heterocycles. The second-order valence-corrected chi connectivity index (χ2v) is 5.76. The first kappa shape index (κ1) is 17.5. The van der Waals surface area contributed by atoms with Crippen molar-refractivity contribution >= 4 is 17.6 Å². The molecule has 0 unspecified atom stereocenters. The zero-order chi connectivity index (χ0) is 18.2. The molecule has 5 heteroatoms. The molecule has 0 spiro atoms. The van der Waals surface area contributed by atoms with E-state index in [1.807, 2.05) is 36.4 Å². The molecule has 0 saturated heterocycles. The molecule has 132 valence electrons. The quantitative estimate of drug-likeness (QED) is 0.649. The number of aryl methyl sites for hydroxylation is 1. The van der Waals surface area contributed by atoms with E-state index in [9.17, 15) is 9.59 Å². The molecule has 26 heavy (non-hydrogen) atoms. The number of amides is 1. The van der Waals surface area contributed by atoms with E-state index >= 15 is 0 Å². The summed E-state index contributed by atoms with van der Waals surface area (Å²) in [7, 11) is 0. The summed E-state index contributed by atoms with van der Waals surface area (Å²) in [4.78, 5) is 23.9. The Balaban J connectivity index is 1.46. The molecule has 1 N–H and O–H groups in total. The Kier molecular flexibility index (Phi) is 5.83. The molecule has 0 aliphatic rings. The second-order valence-electron chi connectivity index (χ2n) is 5.76. The van der Waals surface area contributed by atoms with Crippen molar-refractivity contribution in [3.8, 4) is 0 Å². The first-order valence-electron chi connectivity index (χ1n) is 8.34. The summed E-state index contributed by atoms with van der Waals surface area (Å²) in [5.74, 6) is 0.293. The van der Waals surface area contributed by atoms with Crippen LogP contribution in [0.2, 0.25) is 0 Å². The average Bonchev–Trinajstić information content (AvgIpc) is 3.19. The number of nitrogens with one attached hydrogen (secondary N) is 1. The molecule has 3 rings (SSSR count). The van der Waals surface area contributed by atoms with Gasteiger partial charge >= 0.3 is 5.97 Å². The number of para-hydroxylation sites is 1. The van der Waals surface area contributed by atoms with E-state index in [1.165, 1.54) is 0 Å². The second kappa shape index (κ2) is 8.67. The number of anilines is 1. The molecule has 0 radical (unpaired) electrons. The lowest BCUT2D eigenvalue weighted by molar-refractivity contribution is -0.145. The summed E-state index contributed by atoms with van der Waals surface area (Å²) in [6.07, 6.45) is 2.37. The van der Waals surface area contributed by atoms with Crippen LogP contribution in [0.3, 0.4) is 0 Å². The van der Waals surface area contributed by atoms with Gasteiger partial charge in [0, 0.05) is 17.7 Å². The van der Waals surface area contributed by atoms with Crippen molar-refractivity contribution in [2.24, 2.45) is 0 Å². The molecule has 0 saturated carbocycles. The van der Waals surface area contributed by atoms with Crippen molar-refractivity contribution in [3.63, 3.8) is 0 Å². The summed E-state index contributed by atoms with van der Waals surface area (Å²) in [5.41, 5.74) is 2.11. The van der Waals surface area contributed by atoms with Gasteiger partial charge in [0.05, 0.1) is 12.7 Å². The minimum atomic E-state index is -0.285. The zero-order valence-corrected chi connectivity index (χ0v) is 14.2. The van der Waals surface area contributed by atoms with E-state index in [0.717, 1.165) is 17.0 Å². The molecule has 0 aliphatic heterocycles. The number of carbonyl (C=O) groups is 2. The van der Waals surface area contributed by atoms with Gasteiger partial charge in [-0.15, -0.1) is 0 Å². The maximum Gasteiger partial charge on any atom is 0.306 e. The smallest absolute Gasteiger partial charge is 0.306 e. The fourth-order valence-corrected chi connectivity index (χ4v) is 2.39. The van der Waals surface area contributed by atoms with Gasteiger partial charge in [-0.25, -0.2) is 0 Å². The number of benzene rings is 2. The Hall–Kier alpha value is -3.34. The minimum Gasteiger partial charge on any atom is -0.469 e. The zero-order valence-electron chi connectivity index (χ0n) is 14.2. The number of furan rings is 1. The highest BCUT2D eigenvalue weighted by Gasteiger charge is 2.08. The van der Waals surface area contributed by atoms with Crippen molar-refractivity contribution in [2.45, 2.75) is 19.4 Å². The Morgan fingerprint density at radius 2 is 1.69 bits per heavy atom. The van der Waals surface area contributed by atoms with E-state index in [1.54, 1.807) is 36.6 Å². The van der Waals surface area contributed by atoms with Crippen LogP contribution in [0.15, 0.2) is 77.4 Å². The number of carbonyl (C=O) groups excluding carboxylic acids is 2. The minimum absolute atomic E-state index is 0.178. The molecule has 3 aromatic rings. The normalized spacial score (nSPS) is 10.3. The van der Waals surface area contributed by atoms with Gasteiger partial charge in [0.1, 0.15) is 12.4 Å². The summed E-state index contributed by atoms with van der Waals surface area (Å²) >= 11 is 0. The third kappa shape index (κ3) is 5.08. The number of rotatable bonds is 7. The lowest BCUT2D eigenvalue weighted by Gasteiger charge is -2.07. The van der Waals surface area contributed by atoms with Crippen molar-refractivity contribution in [1.82, 2.24) is 0 Å². The highest BCUT2D eigenvalue weighted by Crippen LogP contribution is 2.11. The Morgan fingerprint density at radius 3 is 2.38 bits per heavy atom. The van der Waals surface area contributed by atoms with E-state index in [0.29, 0.717) is 12.0 Å². The van der Waals surface area contributed by atoms with Crippen LogP contribution in [0.5, 0.6) is 0 Å². The van der Waals surface area contributed by atoms with Crippen molar-refractivity contribution in [2.75, 3.05) is 5.32 Å². The van der Waals surface area contributed by atoms with Crippen LogP contribution in [0.4, 0.5) is 5.69 Å². The fourth-order valence-electron chi connectivity index (χ4n) is 2.39. The van der Waals surface area contributed by atoms with Crippen LogP contribution in [0, 0.1) is 0 Å². The summed E-state index contributed by atoms with van der Waals surface area (Å²) in [6.45, 7) is 0.178. The molecule has 1 amide bonds. The molecule has 0 aliphatic carbocycles. The van der Waals surface area contributed by atoms with E-state index < -0.39 is 0 Å². The van der Waals surface area contributed by atoms with Crippen LogP contribution in [-0.4, -0.2) is 11.9 Å². The lowest BCUT2D eigenvalue weighted by atomic mass is 10.1. The topological polar surface area (TPSA) is 68.5 Å². The van der Waals surface area contributed by atoms with Crippen molar-refractivity contribution < 1.29 is 18.7 Å². The third-order valence-corrected chi connectivity index (χ3v) is 3.80. The van der Waals surface area contributed by atoms with Gasteiger partial charge in [-0.05, 0) is 42.0 Å². The molecule has 0 bridgehead atoms. The fraction of sp³-hybridized carbons (Fsp3) is 0.143. The van der Waals surface area contributed by atoms with Gasteiger partial charge in [0.2, 0.25) is 0 Å². The first-order valence-corrected chi connectivity index (χ1v) is 8.34. The highest BCUT2D eigenvalue weighted by atomic mass is 16.5. The number of ether oxygens (including phenoxy) is 1. The molecule has 0 atom stereocenters. The Morgan fingerprint density at radius 1 is 0.923 bits per heavy atom. The van der Waals surface area contributed by atoms with E-state index in [-0.39, 0.29) is 24.9 Å². The SMILES string of the molecule is O=C(CCc1ccco1)OCc1ccc(C(=O)Nc2ccccc2)cc1. The van der Waals surface area contributed by atoms with E-state index in [4.69, 9.17) is 9.15 Å². The van der Waals surface area contributed by atoms with Gasteiger partial charge in [-0.3, -0.25) is 9.59 Å².